The Hall–Kier alpha value is -3.54. The molecule has 0 atom stereocenters. The van der Waals surface area contributed by atoms with Crippen LogP contribution in [-0.2, 0) is 0 Å². The first-order valence-electron chi connectivity index (χ1n) is 7.89. The van der Waals surface area contributed by atoms with Crippen LogP contribution in [0.5, 0.6) is 5.75 Å². The lowest BCUT2D eigenvalue weighted by atomic mass is 10.1. The summed E-state index contributed by atoms with van der Waals surface area (Å²) in [5, 5.41) is 13.8. The van der Waals surface area contributed by atoms with Crippen molar-refractivity contribution in [3.63, 3.8) is 0 Å². The first kappa shape index (κ1) is 16.0. The van der Waals surface area contributed by atoms with Crippen molar-refractivity contribution in [2.45, 2.75) is 0 Å². The molecule has 128 valence electrons. The van der Waals surface area contributed by atoms with Gasteiger partial charge < -0.3 is 10.4 Å². The molecule has 0 aliphatic heterocycles. The van der Waals surface area contributed by atoms with Gasteiger partial charge in [0.25, 0.3) is 0 Å². The second-order valence-electron chi connectivity index (χ2n) is 5.68. The Morgan fingerprint density at radius 3 is 2.38 bits per heavy atom. The summed E-state index contributed by atoms with van der Waals surface area (Å²) >= 11 is 0. The van der Waals surface area contributed by atoms with Gasteiger partial charge in [-0.1, -0.05) is 24.3 Å². The number of rotatable bonds is 3. The third kappa shape index (κ3) is 2.93. The summed E-state index contributed by atoms with van der Waals surface area (Å²) in [4.78, 5) is 8.98. The zero-order chi connectivity index (χ0) is 18.1. The average molecular weight is 349 g/mol. The zero-order valence-electron chi connectivity index (χ0n) is 13.4. The van der Waals surface area contributed by atoms with Crippen molar-refractivity contribution >= 4 is 22.4 Å². The summed E-state index contributed by atoms with van der Waals surface area (Å²) in [5.74, 6) is -1.06. The third-order valence-corrected chi connectivity index (χ3v) is 3.93. The van der Waals surface area contributed by atoms with Gasteiger partial charge in [0.2, 0.25) is 0 Å². The molecular formula is C20H13F2N3O. The van der Waals surface area contributed by atoms with Gasteiger partial charge in [0.15, 0.2) is 17.5 Å². The quantitative estimate of drug-likeness (QED) is 0.545. The number of para-hydroxylation sites is 2. The molecule has 0 fully saturated rings. The number of halogens is 2. The summed E-state index contributed by atoms with van der Waals surface area (Å²) in [7, 11) is 0. The van der Waals surface area contributed by atoms with Gasteiger partial charge in [-0.05, 0) is 36.4 Å². The van der Waals surface area contributed by atoms with E-state index in [0.717, 1.165) is 17.5 Å². The van der Waals surface area contributed by atoms with Crippen LogP contribution in [-0.4, -0.2) is 15.1 Å². The lowest BCUT2D eigenvalue weighted by Gasteiger charge is -2.12. The highest BCUT2D eigenvalue weighted by Gasteiger charge is 2.13. The molecule has 0 aliphatic rings. The van der Waals surface area contributed by atoms with Crippen molar-refractivity contribution in [2.75, 3.05) is 5.32 Å². The number of phenolic OH excluding ortho intramolecular Hbond substituents is 1. The number of aromatic nitrogens is 2. The molecule has 0 saturated carbocycles. The Balaban J connectivity index is 1.87. The molecule has 26 heavy (non-hydrogen) atoms. The van der Waals surface area contributed by atoms with E-state index in [1.165, 1.54) is 6.07 Å². The Morgan fingerprint density at radius 2 is 1.58 bits per heavy atom. The molecule has 0 aliphatic carbocycles. The summed E-state index contributed by atoms with van der Waals surface area (Å²) in [6.07, 6.45) is 0. The Bertz CT molecular complexity index is 1120. The molecule has 4 aromatic rings. The van der Waals surface area contributed by atoms with Gasteiger partial charge in [0.05, 0.1) is 11.1 Å². The van der Waals surface area contributed by atoms with Crippen LogP contribution in [0.3, 0.4) is 0 Å². The number of phenols is 1. The highest BCUT2D eigenvalue weighted by Crippen LogP contribution is 2.31. The monoisotopic (exact) mass is 349 g/mol. The number of fused-ring (bicyclic) bond motifs is 1. The maximum absolute atomic E-state index is 13.5. The van der Waals surface area contributed by atoms with Crippen molar-refractivity contribution in [2.24, 2.45) is 0 Å². The van der Waals surface area contributed by atoms with E-state index in [1.54, 1.807) is 24.3 Å². The van der Waals surface area contributed by atoms with Crippen LogP contribution in [0.1, 0.15) is 0 Å². The summed E-state index contributed by atoms with van der Waals surface area (Å²) in [5.41, 5.74) is 1.49. The maximum atomic E-state index is 13.5. The third-order valence-electron chi connectivity index (χ3n) is 3.93. The minimum atomic E-state index is -0.950. The van der Waals surface area contributed by atoms with E-state index < -0.39 is 11.6 Å². The van der Waals surface area contributed by atoms with Crippen molar-refractivity contribution in [1.29, 1.82) is 0 Å². The Morgan fingerprint density at radius 1 is 0.808 bits per heavy atom. The number of nitrogens with one attached hydrogen (secondary N) is 1. The standard InChI is InChI=1S/C20H13F2N3O/c21-15-10-9-12(11-16(15)22)23-19-13-5-1-3-7-17(13)24-20(25-19)14-6-2-4-8-18(14)26/h1-11,26H,(H,23,24,25). The lowest BCUT2D eigenvalue weighted by Crippen LogP contribution is -2.00. The van der Waals surface area contributed by atoms with Crippen LogP contribution >= 0.6 is 0 Å². The van der Waals surface area contributed by atoms with Gasteiger partial charge in [-0.15, -0.1) is 0 Å². The topological polar surface area (TPSA) is 58.0 Å². The van der Waals surface area contributed by atoms with Crippen LogP contribution in [0.4, 0.5) is 20.3 Å². The molecule has 1 aromatic heterocycles. The number of aromatic hydroxyl groups is 1. The number of benzene rings is 3. The molecule has 4 nitrogen and oxygen atoms in total. The van der Waals surface area contributed by atoms with Gasteiger partial charge in [-0.3, -0.25) is 0 Å². The first-order chi connectivity index (χ1) is 12.6. The minimum Gasteiger partial charge on any atom is -0.507 e. The van der Waals surface area contributed by atoms with E-state index in [9.17, 15) is 13.9 Å². The average Bonchev–Trinajstić information content (AvgIpc) is 2.65. The molecule has 6 heteroatoms. The Labute approximate surface area is 147 Å². The number of hydrogen-bond donors (Lipinski definition) is 2. The molecule has 0 unspecified atom stereocenters. The van der Waals surface area contributed by atoms with Crippen LogP contribution in [0.15, 0.2) is 66.7 Å². The number of anilines is 2. The van der Waals surface area contributed by atoms with E-state index in [-0.39, 0.29) is 5.75 Å². The fourth-order valence-corrected chi connectivity index (χ4v) is 2.67. The molecule has 3 aromatic carbocycles. The summed E-state index contributed by atoms with van der Waals surface area (Å²) in [6.45, 7) is 0. The molecule has 0 spiro atoms. The highest BCUT2D eigenvalue weighted by atomic mass is 19.2. The van der Waals surface area contributed by atoms with Crippen molar-refractivity contribution in [3.8, 4) is 17.1 Å². The van der Waals surface area contributed by atoms with Crippen LogP contribution in [0, 0.1) is 11.6 Å². The highest BCUT2D eigenvalue weighted by molar-refractivity contribution is 5.92. The number of hydrogen-bond acceptors (Lipinski definition) is 4. The molecule has 2 N–H and O–H groups in total. The summed E-state index contributed by atoms with van der Waals surface area (Å²) in [6, 6.07) is 17.6. The fourth-order valence-electron chi connectivity index (χ4n) is 2.67. The van der Waals surface area contributed by atoms with Gasteiger partial charge in [-0.2, -0.15) is 0 Å². The van der Waals surface area contributed by atoms with Crippen LogP contribution in [0.2, 0.25) is 0 Å². The SMILES string of the molecule is Oc1ccccc1-c1nc(Nc2ccc(F)c(F)c2)c2ccccc2n1. The van der Waals surface area contributed by atoms with Crippen LogP contribution < -0.4 is 5.32 Å². The van der Waals surface area contributed by atoms with Crippen molar-refractivity contribution < 1.29 is 13.9 Å². The van der Waals surface area contributed by atoms with E-state index in [2.05, 4.69) is 15.3 Å². The minimum absolute atomic E-state index is 0.0570. The van der Waals surface area contributed by atoms with Gasteiger partial charge >= 0.3 is 0 Å². The van der Waals surface area contributed by atoms with E-state index >= 15 is 0 Å². The van der Waals surface area contributed by atoms with Gasteiger partial charge in [0, 0.05) is 17.1 Å². The smallest absolute Gasteiger partial charge is 0.165 e. The molecule has 0 saturated heterocycles. The van der Waals surface area contributed by atoms with Crippen LogP contribution in [0.25, 0.3) is 22.3 Å². The molecule has 0 bridgehead atoms. The molecular weight excluding hydrogens is 336 g/mol. The number of nitrogens with zero attached hydrogens (tertiary/aromatic N) is 2. The van der Waals surface area contributed by atoms with Crippen molar-refractivity contribution in [1.82, 2.24) is 9.97 Å². The molecule has 1 heterocycles. The summed E-state index contributed by atoms with van der Waals surface area (Å²) < 4.78 is 26.7. The van der Waals surface area contributed by atoms with E-state index in [0.29, 0.717) is 28.4 Å². The van der Waals surface area contributed by atoms with Gasteiger partial charge in [0.1, 0.15) is 11.6 Å². The van der Waals surface area contributed by atoms with Gasteiger partial charge in [-0.25, -0.2) is 18.7 Å². The van der Waals surface area contributed by atoms with Crippen molar-refractivity contribution in [3.05, 3.63) is 78.4 Å². The molecule has 0 radical (unpaired) electrons. The predicted molar refractivity (Wildman–Crippen MR) is 96.3 cm³/mol. The predicted octanol–water partition coefficient (Wildman–Crippen LogP) is 5.02. The normalized spacial score (nSPS) is 10.8. The van der Waals surface area contributed by atoms with E-state index in [4.69, 9.17) is 0 Å². The molecule has 0 amide bonds. The van der Waals surface area contributed by atoms with E-state index in [1.807, 2.05) is 24.3 Å². The second kappa shape index (κ2) is 6.40. The lowest BCUT2D eigenvalue weighted by molar-refractivity contribution is 0.477. The molecule has 4 rings (SSSR count). The largest absolute Gasteiger partial charge is 0.507 e. The first-order valence-corrected chi connectivity index (χ1v) is 7.89. The second-order valence-corrected chi connectivity index (χ2v) is 5.68. The Kier molecular flexibility index (Phi) is 3.93. The zero-order valence-corrected chi connectivity index (χ0v) is 13.4. The maximum Gasteiger partial charge on any atom is 0.165 e. The fraction of sp³-hybridized carbons (Fsp3) is 0.